The number of aromatic nitrogens is 4. The third-order valence-electron chi connectivity index (χ3n) is 3.69. The van der Waals surface area contributed by atoms with Gasteiger partial charge in [-0.2, -0.15) is 10.1 Å². The van der Waals surface area contributed by atoms with Gasteiger partial charge in [0.05, 0.1) is 5.69 Å². The lowest BCUT2D eigenvalue weighted by atomic mass is 10.1. The molecule has 3 rings (SSSR count). The highest BCUT2D eigenvalue weighted by Gasteiger charge is 2.11. The van der Waals surface area contributed by atoms with E-state index in [4.69, 9.17) is 4.52 Å². The van der Waals surface area contributed by atoms with E-state index < -0.39 is 0 Å². The number of hydrogen-bond acceptors (Lipinski definition) is 5. The second-order valence-corrected chi connectivity index (χ2v) is 6.03. The number of aryl methyl sites for hydroxylation is 3. The summed E-state index contributed by atoms with van der Waals surface area (Å²) in [4.78, 5) is 5.70. The molecular weight excluding hydrogens is 296 g/mol. The largest absolute Gasteiger partial charge is 0.339 e. The first-order valence-electron chi connectivity index (χ1n) is 7.15. The molecule has 0 aliphatic carbocycles. The van der Waals surface area contributed by atoms with E-state index in [1.807, 2.05) is 26.0 Å². The van der Waals surface area contributed by atoms with Gasteiger partial charge in [0.1, 0.15) is 0 Å². The fourth-order valence-corrected chi connectivity index (χ4v) is 2.80. The van der Waals surface area contributed by atoms with Crippen molar-refractivity contribution in [2.75, 3.05) is 6.26 Å². The Morgan fingerprint density at radius 3 is 2.55 bits per heavy atom. The number of benzene rings is 1. The number of H-pyrrole nitrogens is 1. The molecule has 0 aliphatic heterocycles. The number of nitrogens with one attached hydrogen (secondary N) is 1. The van der Waals surface area contributed by atoms with E-state index in [0.29, 0.717) is 11.7 Å². The average Bonchev–Trinajstić information content (AvgIpc) is 3.13. The van der Waals surface area contributed by atoms with Gasteiger partial charge >= 0.3 is 0 Å². The fraction of sp³-hybridized carbons (Fsp3) is 0.312. The maximum Gasteiger partial charge on any atom is 0.227 e. The number of rotatable bonds is 5. The molecule has 1 aromatic carbocycles. The van der Waals surface area contributed by atoms with Crippen LogP contribution in [0.3, 0.4) is 0 Å². The van der Waals surface area contributed by atoms with Gasteiger partial charge in [0.2, 0.25) is 11.7 Å². The molecule has 114 valence electrons. The van der Waals surface area contributed by atoms with E-state index in [0.717, 1.165) is 29.8 Å². The molecule has 0 saturated heterocycles. The first-order chi connectivity index (χ1) is 10.7. The summed E-state index contributed by atoms with van der Waals surface area (Å²) in [5, 5.41) is 11.3. The quantitative estimate of drug-likeness (QED) is 0.729. The van der Waals surface area contributed by atoms with Crippen LogP contribution in [0, 0.1) is 13.8 Å². The lowest BCUT2D eigenvalue weighted by Crippen LogP contribution is -1.94. The molecule has 2 aromatic heterocycles. The first-order valence-corrected chi connectivity index (χ1v) is 8.37. The van der Waals surface area contributed by atoms with Gasteiger partial charge < -0.3 is 4.52 Å². The van der Waals surface area contributed by atoms with Crippen LogP contribution in [-0.4, -0.2) is 26.6 Å². The van der Waals surface area contributed by atoms with Crippen molar-refractivity contribution in [1.82, 2.24) is 20.3 Å². The molecule has 0 saturated carbocycles. The second kappa shape index (κ2) is 6.36. The predicted octanol–water partition coefficient (Wildman–Crippen LogP) is 3.58. The third-order valence-corrected chi connectivity index (χ3v) is 4.43. The summed E-state index contributed by atoms with van der Waals surface area (Å²) in [6.45, 7) is 4.03. The Bertz CT molecular complexity index is 741. The summed E-state index contributed by atoms with van der Waals surface area (Å²) in [5.41, 5.74) is 4.34. The highest BCUT2D eigenvalue weighted by Crippen LogP contribution is 2.21. The van der Waals surface area contributed by atoms with Gasteiger partial charge in [-0.1, -0.05) is 5.16 Å². The van der Waals surface area contributed by atoms with Crippen LogP contribution in [0.15, 0.2) is 33.7 Å². The fourth-order valence-electron chi connectivity index (χ4n) is 2.39. The van der Waals surface area contributed by atoms with Crippen LogP contribution >= 0.6 is 11.8 Å². The van der Waals surface area contributed by atoms with Gasteiger partial charge in [0, 0.05) is 22.6 Å². The molecule has 0 amide bonds. The van der Waals surface area contributed by atoms with E-state index >= 15 is 0 Å². The minimum Gasteiger partial charge on any atom is -0.339 e. The minimum absolute atomic E-state index is 0.642. The molecule has 0 bridgehead atoms. The molecule has 22 heavy (non-hydrogen) atoms. The Morgan fingerprint density at radius 1 is 1.14 bits per heavy atom. The van der Waals surface area contributed by atoms with Gasteiger partial charge in [-0.25, -0.2) is 0 Å². The number of aromatic amines is 1. The normalized spacial score (nSPS) is 11.0. The van der Waals surface area contributed by atoms with Crippen LogP contribution in [0.25, 0.3) is 11.4 Å². The van der Waals surface area contributed by atoms with Gasteiger partial charge in [-0.15, -0.1) is 11.8 Å². The van der Waals surface area contributed by atoms with Crippen molar-refractivity contribution >= 4 is 11.8 Å². The van der Waals surface area contributed by atoms with E-state index in [2.05, 4.69) is 38.7 Å². The van der Waals surface area contributed by atoms with Gasteiger partial charge in [-0.05, 0) is 56.4 Å². The summed E-state index contributed by atoms with van der Waals surface area (Å²) in [6.07, 6.45) is 3.62. The third kappa shape index (κ3) is 3.06. The highest BCUT2D eigenvalue weighted by atomic mass is 32.2. The zero-order valence-corrected chi connectivity index (χ0v) is 13.7. The zero-order valence-electron chi connectivity index (χ0n) is 12.9. The van der Waals surface area contributed by atoms with Gasteiger partial charge in [0.15, 0.2) is 0 Å². The predicted molar refractivity (Wildman–Crippen MR) is 87.0 cm³/mol. The Morgan fingerprint density at radius 2 is 1.91 bits per heavy atom. The molecule has 3 aromatic rings. The summed E-state index contributed by atoms with van der Waals surface area (Å²) in [6, 6.07) is 8.16. The van der Waals surface area contributed by atoms with Crippen molar-refractivity contribution in [2.45, 2.75) is 31.6 Å². The molecule has 0 aliphatic rings. The Kier molecular flexibility index (Phi) is 4.29. The molecule has 1 N–H and O–H groups in total. The lowest BCUT2D eigenvalue weighted by Gasteiger charge is -1.98. The maximum absolute atomic E-state index is 5.36. The highest BCUT2D eigenvalue weighted by molar-refractivity contribution is 7.98. The van der Waals surface area contributed by atoms with Crippen molar-refractivity contribution in [2.24, 2.45) is 0 Å². The average molecular weight is 314 g/mol. The van der Waals surface area contributed by atoms with E-state index in [1.54, 1.807) is 11.8 Å². The van der Waals surface area contributed by atoms with Gasteiger partial charge in [-0.3, -0.25) is 5.10 Å². The van der Waals surface area contributed by atoms with E-state index in [1.165, 1.54) is 10.5 Å². The molecular formula is C16H18N4OS. The van der Waals surface area contributed by atoms with Crippen LogP contribution in [0.2, 0.25) is 0 Å². The summed E-state index contributed by atoms with van der Waals surface area (Å²) >= 11 is 1.71. The molecule has 2 heterocycles. The molecule has 0 unspecified atom stereocenters. The molecule has 0 radical (unpaired) electrons. The second-order valence-electron chi connectivity index (χ2n) is 5.15. The molecule has 0 spiro atoms. The maximum atomic E-state index is 5.36. The van der Waals surface area contributed by atoms with Crippen molar-refractivity contribution in [3.63, 3.8) is 0 Å². The SMILES string of the molecule is CSc1ccc(-c2noc(CCc3c(C)n[nH]c3C)n2)cc1. The van der Waals surface area contributed by atoms with Crippen molar-refractivity contribution in [3.8, 4) is 11.4 Å². The van der Waals surface area contributed by atoms with Crippen LogP contribution in [0.1, 0.15) is 22.8 Å². The zero-order chi connectivity index (χ0) is 15.5. The van der Waals surface area contributed by atoms with Crippen LogP contribution in [0.5, 0.6) is 0 Å². The van der Waals surface area contributed by atoms with Crippen molar-refractivity contribution in [1.29, 1.82) is 0 Å². The van der Waals surface area contributed by atoms with Crippen molar-refractivity contribution < 1.29 is 4.52 Å². The number of hydrogen-bond donors (Lipinski definition) is 1. The number of thioether (sulfide) groups is 1. The van der Waals surface area contributed by atoms with Crippen LogP contribution in [-0.2, 0) is 12.8 Å². The van der Waals surface area contributed by atoms with Crippen LogP contribution in [0.4, 0.5) is 0 Å². The van der Waals surface area contributed by atoms with E-state index in [-0.39, 0.29) is 0 Å². The molecule has 0 fully saturated rings. The molecule has 0 atom stereocenters. The molecule has 5 nitrogen and oxygen atoms in total. The Hall–Kier alpha value is -2.08. The summed E-state index contributed by atoms with van der Waals surface area (Å²) in [5.74, 6) is 1.30. The van der Waals surface area contributed by atoms with Gasteiger partial charge in [0.25, 0.3) is 0 Å². The Balaban J connectivity index is 1.70. The Labute approximate surface area is 133 Å². The van der Waals surface area contributed by atoms with Crippen molar-refractivity contribution in [3.05, 3.63) is 47.1 Å². The first kappa shape index (κ1) is 14.8. The van der Waals surface area contributed by atoms with Crippen LogP contribution < -0.4 is 0 Å². The smallest absolute Gasteiger partial charge is 0.227 e. The number of nitrogens with zero attached hydrogens (tertiary/aromatic N) is 3. The molecule has 6 heteroatoms. The lowest BCUT2D eigenvalue weighted by molar-refractivity contribution is 0.379. The van der Waals surface area contributed by atoms with E-state index in [9.17, 15) is 0 Å². The standard InChI is InChI=1S/C16H18N4OS/c1-10-14(11(2)19-18-10)8-9-15-17-16(20-21-15)12-4-6-13(22-3)7-5-12/h4-7H,8-9H2,1-3H3,(H,18,19). The monoisotopic (exact) mass is 314 g/mol. The minimum atomic E-state index is 0.642. The topological polar surface area (TPSA) is 67.6 Å². The summed E-state index contributed by atoms with van der Waals surface area (Å²) < 4.78 is 5.36. The summed E-state index contributed by atoms with van der Waals surface area (Å²) in [7, 11) is 0.